The average molecular weight is 279 g/mol. The van der Waals surface area contributed by atoms with Gasteiger partial charge in [-0.2, -0.15) is 0 Å². The van der Waals surface area contributed by atoms with Crippen molar-refractivity contribution in [3.05, 3.63) is 34.6 Å². The summed E-state index contributed by atoms with van der Waals surface area (Å²) in [6, 6.07) is 3.14. The van der Waals surface area contributed by atoms with E-state index >= 15 is 0 Å². The van der Waals surface area contributed by atoms with Gasteiger partial charge >= 0.3 is 0 Å². The summed E-state index contributed by atoms with van der Waals surface area (Å²) in [5.74, 6) is -0.999. The summed E-state index contributed by atoms with van der Waals surface area (Å²) in [5, 5.41) is 10.4. The molecule has 2 rings (SSSR count). The Hall–Kier alpha value is -1.42. The maximum absolute atomic E-state index is 14.3. The zero-order valence-electron chi connectivity index (χ0n) is 12.9. The van der Waals surface area contributed by atoms with Crippen LogP contribution in [0.2, 0.25) is 0 Å². The molecule has 0 unspecified atom stereocenters. The van der Waals surface area contributed by atoms with Crippen molar-refractivity contribution >= 4 is 5.91 Å². The number of fused-ring (bicyclic) bond motifs is 1. The molecule has 0 saturated heterocycles. The summed E-state index contributed by atoms with van der Waals surface area (Å²) in [7, 11) is 0. The van der Waals surface area contributed by atoms with Crippen molar-refractivity contribution < 1.29 is 14.3 Å². The van der Waals surface area contributed by atoms with E-state index in [2.05, 4.69) is 0 Å². The number of halogens is 1. The first kappa shape index (κ1) is 15.0. The molecule has 0 aliphatic carbocycles. The predicted octanol–water partition coefficient (Wildman–Crippen LogP) is 3.37. The third-order valence-corrected chi connectivity index (χ3v) is 3.66. The summed E-state index contributed by atoms with van der Waals surface area (Å²) in [5.41, 5.74) is 0.337. The highest BCUT2D eigenvalue weighted by atomic mass is 19.1. The highest BCUT2D eigenvalue weighted by Crippen LogP contribution is 2.40. The fourth-order valence-corrected chi connectivity index (χ4v) is 2.53. The number of aliphatic hydroxyl groups is 1. The predicted molar refractivity (Wildman–Crippen MR) is 76.0 cm³/mol. The second kappa shape index (κ2) is 4.29. The van der Waals surface area contributed by atoms with Gasteiger partial charge in [-0.3, -0.25) is 4.79 Å². The Labute approximate surface area is 119 Å². The van der Waals surface area contributed by atoms with Crippen molar-refractivity contribution in [3.63, 3.8) is 0 Å². The minimum atomic E-state index is -1.09. The van der Waals surface area contributed by atoms with Gasteiger partial charge in [-0.25, -0.2) is 4.39 Å². The molecule has 0 aromatic heterocycles. The number of carbonyl (C=O) groups excluding carboxylic acids is 1. The van der Waals surface area contributed by atoms with Crippen LogP contribution in [-0.4, -0.2) is 21.5 Å². The van der Waals surface area contributed by atoms with Crippen molar-refractivity contribution in [3.8, 4) is 0 Å². The Morgan fingerprint density at radius 2 is 1.70 bits per heavy atom. The lowest BCUT2D eigenvalue weighted by Gasteiger charge is -2.34. The summed E-state index contributed by atoms with van der Waals surface area (Å²) in [6.07, 6.45) is -1.09. The SMILES string of the molecule is CC(C)(C)c1cc(F)c2c(c1)[C@@H](O)N(C(C)(C)C)C2=O. The van der Waals surface area contributed by atoms with E-state index in [0.717, 1.165) is 5.56 Å². The molecule has 1 aromatic rings. The molecule has 1 amide bonds. The molecule has 4 heteroatoms. The quantitative estimate of drug-likeness (QED) is 0.791. The van der Waals surface area contributed by atoms with Crippen LogP contribution >= 0.6 is 0 Å². The monoisotopic (exact) mass is 279 g/mol. The van der Waals surface area contributed by atoms with Crippen LogP contribution in [0.3, 0.4) is 0 Å². The highest BCUT2D eigenvalue weighted by molar-refractivity contribution is 5.99. The van der Waals surface area contributed by atoms with Crippen LogP contribution in [0.5, 0.6) is 0 Å². The van der Waals surface area contributed by atoms with Gasteiger partial charge in [0.2, 0.25) is 0 Å². The molecule has 1 heterocycles. The minimum absolute atomic E-state index is 0.000394. The zero-order valence-corrected chi connectivity index (χ0v) is 12.9. The topological polar surface area (TPSA) is 40.5 Å². The van der Waals surface area contributed by atoms with Crippen molar-refractivity contribution in [1.82, 2.24) is 4.90 Å². The van der Waals surface area contributed by atoms with Gasteiger partial charge in [0.25, 0.3) is 5.91 Å². The van der Waals surface area contributed by atoms with Gasteiger partial charge in [0.15, 0.2) is 6.23 Å². The van der Waals surface area contributed by atoms with Gasteiger partial charge in [-0.15, -0.1) is 0 Å². The van der Waals surface area contributed by atoms with Crippen LogP contribution in [0, 0.1) is 5.82 Å². The Morgan fingerprint density at radius 3 is 2.15 bits per heavy atom. The van der Waals surface area contributed by atoms with Crippen LogP contribution in [-0.2, 0) is 5.41 Å². The lowest BCUT2D eigenvalue weighted by Crippen LogP contribution is -2.43. The second-order valence-corrected chi connectivity index (χ2v) is 7.39. The van der Waals surface area contributed by atoms with Gasteiger partial charge in [-0.05, 0) is 43.9 Å². The number of hydrogen-bond donors (Lipinski definition) is 1. The summed E-state index contributed by atoms with van der Waals surface area (Å²) < 4.78 is 14.3. The lowest BCUT2D eigenvalue weighted by molar-refractivity contribution is -0.0228. The fraction of sp³-hybridized carbons (Fsp3) is 0.562. The molecule has 1 aliphatic rings. The van der Waals surface area contributed by atoms with E-state index in [1.54, 1.807) is 6.07 Å². The first-order valence-corrected chi connectivity index (χ1v) is 6.80. The van der Waals surface area contributed by atoms with Gasteiger partial charge in [0.05, 0.1) is 5.56 Å². The number of benzene rings is 1. The van der Waals surface area contributed by atoms with Gasteiger partial charge < -0.3 is 10.0 Å². The van der Waals surface area contributed by atoms with Crippen LogP contribution in [0.15, 0.2) is 12.1 Å². The molecule has 0 radical (unpaired) electrons. The summed E-state index contributed by atoms with van der Waals surface area (Å²) >= 11 is 0. The molecule has 0 fully saturated rings. The summed E-state index contributed by atoms with van der Waals surface area (Å²) in [4.78, 5) is 13.7. The average Bonchev–Trinajstić information content (AvgIpc) is 2.49. The Morgan fingerprint density at radius 1 is 1.15 bits per heavy atom. The lowest BCUT2D eigenvalue weighted by atomic mass is 9.85. The number of rotatable bonds is 0. The number of aliphatic hydroxyl groups excluding tert-OH is 1. The standard InChI is InChI=1S/C16H22FNO2/c1-15(2,3)9-7-10-12(11(17)8-9)14(20)18(13(10)19)16(4,5)6/h7-8,13,19H,1-6H3/t13-/m1/s1. The largest absolute Gasteiger partial charge is 0.369 e. The zero-order chi connectivity index (χ0) is 15.5. The molecular weight excluding hydrogens is 257 g/mol. The van der Waals surface area contributed by atoms with Crippen molar-refractivity contribution in [2.45, 2.75) is 58.7 Å². The third kappa shape index (κ3) is 2.22. The molecule has 20 heavy (non-hydrogen) atoms. The smallest absolute Gasteiger partial charge is 0.260 e. The Kier molecular flexibility index (Phi) is 3.21. The van der Waals surface area contributed by atoms with E-state index in [4.69, 9.17) is 0 Å². The fourth-order valence-electron chi connectivity index (χ4n) is 2.53. The summed E-state index contributed by atoms with van der Waals surface area (Å²) in [6.45, 7) is 11.4. The second-order valence-electron chi connectivity index (χ2n) is 7.39. The minimum Gasteiger partial charge on any atom is -0.369 e. The van der Waals surface area contributed by atoms with Gasteiger partial charge in [-0.1, -0.05) is 20.8 Å². The normalized spacial score (nSPS) is 19.5. The molecule has 1 aliphatic heterocycles. The maximum Gasteiger partial charge on any atom is 0.260 e. The molecule has 3 nitrogen and oxygen atoms in total. The molecule has 0 bridgehead atoms. The number of amides is 1. The number of nitrogens with zero attached hydrogens (tertiary/aromatic N) is 1. The molecular formula is C16H22FNO2. The van der Waals surface area contributed by atoms with Crippen molar-refractivity contribution in [2.24, 2.45) is 0 Å². The molecule has 1 atom stereocenters. The molecule has 0 spiro atoms. The van der Waals surface area contributed by atoms with Crippen LogP contribution in [0.1, 0.15) is 69.3 Å². The van der Waals surface area contributed by atoms with Crippen molar-refractivity contribution in [2.75, 3.05) is 0 Å². The van der Waals surface area contributed by atoms with E-state index in [1.165, 1.54) is 11.0 Å². The maximum atomic E-state index is 14.3. The Balaban J connectivity index is 2.62. The molecule has 110 valence electrons. The molecule has 1 N–H and O–H groups in total. The van der Waals surface area contributed by atoms with E-state index in [9.17, 15) is 14.3 Å². The number of carbonyl (C=O) groups is 1. The van der Waals surface area contributed by atoms with Gasteiger partial charge in [0, 0.05) is 11.1 Å². The first-order valence-electron chi connectivity index (χ1n) is 6.80. The molecule has 0 saturated carbocycles. The van der Waals surface area contributed by atoms with E-state index in [0.29, 0.717) is 5.56 Å². The Bertz CT molecular complexity index is 567. The van der Waals surface area contributed by atoms with Gasteiger partial charge in [0.1, 0.15) is 5.82 Å². The van der Waals surface area contributed by atoms with E-state index in [-0.39, 0.29) is 11.0 Å². The first-order chi connectivity index (χ1) is 8.94. The van der Waals surface area contributed by atoms with Crippen LogP contribution in [0.4, 0.5) is 4.39 Å². The van der Waals surface area contributed by atoms with E-state index < -0.39 is 23.5 Å². The van der Waals surface area contributed by atoms with Crippen LogP contribution < -0.4 is 0 Å². The highest BCUT2D eigenvalue weighted by Gasteiger charge is 2.43. The number of hydrogen-bond acceptors (Lipinski definition) is 2. The third-order valence-electron chi connectivity index (χ3n) is 3.66. The van der Waals surface area contributed by atoms with Crippen LogP contribution in [0.25, 0.3) is 0 Å². The molecule has 1 aromatic carbocycles. The van der Waals surface area contributed by atoms with Crippen molar-refractivity contribution in [1.29, 1.82) is 0 Å². The van der Waals surface area contributed by atoms with E-state index in [1.807, 2.05) is 41.5 Å².